The van der Waals surface area contributed by atoms with Gasteiger partial charge in [-0.25, -0.2) is 13.2 Å². The Morgan fingerprint density at radius 3 is 0.909 bits per heavy atom. The molecule has 2 rings (SSSR count). The molecule has 1 aromatic carbocycles. The van der Waals surface area contributed by atoms with Crippen molar-refractivity contribution in [1.82, 2.24) is 9.97 Å². The molecule has 0 fully saturated rings. The molecule has 0 unspecified atom stereocenters. The van der Waals surface area contributed by atoms with Gasteiger partial charge in [-0.3, -0.25) is 9.97 Å². The first-order valence-electron chi connectivity index (χ1n) is 6.03. The Bertz CT molecular complexity index is 566. The Morgan fingerprint density at radius 1 is 0.545 bits per heavy atom. The van der Waals surface area contributed by atoms with Gasteiger partial charge in [-0.15, -0.1) is 0 Å². The maximum atomic E-state index is 12.9. The molecule has 0 aliphatic carbocycles. The van der Waals surface area contributed by atoms with Crippen LogP contribution in [0.2, 0.25) is 0 Å². The molecule has 0 bridgehead atoms. The van der Waals surface area contributed by atoms with Gasteiger partial charge in [0.25, 0.3) is 0 Å². The topological polar surface area (TPSA) is 25.8 Å². The van der Waals surface area contributed by atoms with Gasteiger partial charge in [0.2, 0.25) is 0 Å². The normalized spacial score (nSPS) is 10.3. The first kappa shape index (κ1) is 20.3. The molecule has 0 aliphatic rings. The van der Waals surface area contributed by atoms with E-state index in [1.807, 2.05) is 27.7 Å². The van der Waals surface area contributed by atoms with E-state index in [0.717, 1.165) is 22.8 Å². The quantitative estimate of drug-likeness (QED) is 0.211. The molecule has 2 nitrogen and oxygen atoms in total. The Balaban J connectivity index is 0.000000224. The van der Waals surface area contributed by atoms with Gasteiger partial charge in [0.1, 0.15) is 0 Å². The smallest absolute Gasteiger partial charge is 0.155 e. The maximum absolute atomic E-state index is 12.9. The van der Waals surface area contributed by atoms with Crippen LogP contribution in [0.25, 0.3) is 0 Å². The van der Waals surface area contributed by atoms with Crippen molar-refractivity contribution in [3.8, 4) is 0 Å². The molecule has 8 heteroatoms. The van der Waals surface area contributed by atoms with Crippen molar-refractivity contribution in [3.63, 3.8) is 0 Å². The second-order valence-electron chi connectivity index (χ2n) is 4.45. The molecule has 120 valence electrons. The zero-order chi connectivity index (χ0) is 17.2. The molecular formula is C14H12F3I3N2. The summed E-state index contributed by atoms with van der Waals surface area (Å²) < 4.78 is 38.3. The number of halogens is 6. The number of benzene rings is 1. The van der Waals surface area contributed by atoms with Crippen LogP contribution in [0, 0.1) is 55.9 Å². The van der Waals surface area contributed by atoms with E-state index in [-0.39, 0.29) is 10.7 Å². The average Bonchev–Trinajstić information content (AvgIpc) is 2.48. The Labute approximate surface area is 168 Å². The van der Waals surface area contributed by atoms with Gasteiger partial charge >= 0.3 is 0 Å². The highest BCUT2D eigenvalue weighted by molar-refractivity contribution is 14.1. The zero-order valence-corrected chi connectivity index (χ0v) is 18.6. The molecule has 0 aliphatic heterocycles. The minimum absolute atomic E-state index is 0.164. The molecule has 1 aromatic heterocycles. The van der Waals surface area contributed by atoms with E-state index in [2.05, 4.69) is 9.97 Å². The Kier molecular flexibility index (Phi) is 7.76. The monoisotopic (exact) mass is 646 g/mol. The lowest BCUT2D eigenvalue weighted by Crippen LogP contribution is -2.01. The summed E-state index contributed by atoms with van der Waals surface area (Å²) in [6, 6.07) is 0. The maximum Gasteiger partial charge on any atom is 0.155 e. The van der Waals surface area contributed by atoms with Gasteiger partial charge < -0.3 is 0 Å². The lowest BCUT2D eigenvalue weighted by Gasteiger charge is -2.03. The van der Waals surface area contributed by atoms with E-state index in [1.54, 1.807) is 0 Å². The number of aromatic nitrogens is 2. The van der Waals surface area contributed by atoms with Gasteiger partial charge in [0, 0.05) is 0 Å². The van der Waals surface area contributed by atoms with Crippen LogP contribution in [0.4, 0.5) is 13.2 Å². The van der Waals surface area contributed by atoms with Gasteiger partial charge in [0.15, 0.2) is 17.5 Å². The molecule has 0 N–H and O–H groups in total. The molecule has 0 radical (unpaired) electrons. The predicted molar refractivity (Wildman–Crippen MR) is 105 cm³/mol. The fourth-order valence-corrected chi connectivity index (χ4v) is 4.57. The third-order valence-electron chi connectivity index (χ3n) is 2.87. The van der Waals surface area contributed by atoms with Gasteiger partial charge in [-0.05, 0) is 95.5 Å². The van der Waals surface area contributed by atoms with Crippen LogP contribution in [-0.4, -0.2) is 9.97 Å². The number of hydrogen-bond acceptors (Lipinski definition) is 2. The van der Waals surface area contributed by atoms with E-state index in [1.165, 1.54) is 67.8 Å². The molecule has 0 saturated carbocycles. The van der Waals surface area contributed by atoms with Crippen molar-refractivity contribution in [2.75, 3.05) is 0 Å². The van der Waals surface area contributed by atoms with Gasteiger partial charge in [-0.1, -0.05) is 0 Å². The molecule has 0 amide bonds. The fourth-order valence-electron chi connectivity index (χ4n) is 1.40. The number of aryl methyl sites for hydroxylation is 4. The van der Waals surface area contributed by atoms with E-state index in [4.69, 9.17) is 0 Å². The first-order chi connectivity index (χ1) is 10.1. The van der Waals surface area contributed by atoms with Crippen molar-refractivity contribution in [2.24, 2.45) is 0 Å². The molecule has 0 saturated heterocycles. The summed E-state index contributed by atoms with van der Waals surface area (Å²) in [5, 5.41) is 0. The summed E-state index contributed by atoms with van der Waals surface area (Å²) in [6.45, 7) is 7.92. The van der Waals surface area contributed by atoms with Crippen LogP contribution in [0.15, 0.2) is 0 Å². The van der Waals surface area contributed by atoms with E-state index in [9.17, 15) is 13.2 Å². The second kappa shape index (κ2) is 8.40. The third-order valence-corrected chi connectivity index (χ3v) is 5.72. The Morgan fingerprint density at radius 2 is 0.727 bits per heavy atom. The lowest BCUT2D eigenvalue weighted by atomic mass is 10.3. The standard InChI is InChI=1S/C8H12N2.C6F3I3/c1-5-6(2)10-8(4)7(3)9-5;7-1-4(10)2(8)6(12)3(9)5(1)11/h1-4H3;. The molecule has 0 atom stereocenters. The lowest BCUT2D eigenvalue weighted by molar-refractivity contribution is 0.515. The molecular weight excluding hydrogens is 634 g/mol. The van der Waals surface area contributed by atoms with Crippen LogP contribution in [0.1, 0.15) is 22.8 Å². The number of nitrogens with zero attached hydrogens (tertiary/aromatic N) is 2. The zero-order valence-electron chi connectivity index (χ0n) is 12.2. The fraction of sp³-hybridized carbons (Fsp3) is 0.286. The third kappa shape index (κ3) is 4.65. The minimum atomic E-state index is -0.827. The Hall–Kier alpha value is 0.280. The number of hydrogen-bond donors (Lipinski definition) is 0. The molecule has 22 heavy (non-hydrogen) atoms. The molecule has 0 spiro atoms. The van der Waals surface area contributed by atoms with Crippen LogP contribution in [0.3, 0.4) is 0 Å². The van der Waals surface area contributed by atoms with Crippen LogP contribution in [-0.2, 0) is 0 Å². The summed E-state index contributed by atoms with van der Waals surface area (Å²) in [7, 11) is 0. The highest BCUT2D eigenvalue weighted by atomic mass is 127. The largest absolute Gasteiger partial charge is 0.255 e. The van der Waals surface area contributed by atoms with E-state index >= 15 is 0 Å². The molecule has 1 heterocycles. The summed E-state index contributed by atoms with van der Waals surface area (Å²) in [4.78, 5) is 8.62. The highest BCUT2D eigenvalue weighted by Gasteiger charge is 2.20. The van der Waals surface area contributed by atoms with Crippen molar-refractivity contribution < 1.29 is 13.2 Å². The van der Waals surface area contributed by atoms with Crippen LogP contribution in [0.5, 0.6) is 0 Å². The first-order valence-corrected chi connectivity index (χ1v) is 9.26. The second-order valence-corrected chi connectivity index (χ2v) is 7.69. The average molecular weight is 646 g/mol. The van der Waals surface area contributed by atoms with Crippen molar-refractivity contribution in [2.45, 2.75) is 27.7 Å². The van der Waals surface area contributed by atoms with Crippen molar-refractivity contribution in [3.05, 3.63) is 50.9 Å². The van der Waals surface area contributed by atoms with Crippen molar-refractivity contribution >= 4 is 67.8 Å². The summed E-state index contributed by atoms with van der Waals surface area (Å²) in [6.07, 6.45) is 0. The van der Waals surface area contributed by atoms with E-state index in [0.29, 0.717) is 0 Å². The van der Waals surface area contributed by atoms with Crippen LogP contribution >= 0.6 is 67.8 Å². The summed E-state index contributed by atoms with van der Waals surface area (Å²) in [5.74, 6) is -2.48. The van der Waals surface area contributed by atoms with Gasteiger partial charge in [-0.2, -0.15) is 0 Å². The summed E-state index contributed by atoms with van der Waals surface area (Å²) in [5.41, 5.74) is 4.12. The minimum Gasteiger partial charge on any atom is -0.255 e. The highest BCUT2D eigenvalue weighted by Crippen LogP contribution is 2.28. The molecule has 2 aromatic rings. The predicted octanol–water partition coefficient (Wildman–Crippen LogP) is 5.63. The van der Waals surface area contributed by atoms with Crippen LogP contribution < -0.4 is 0 Å². The van der Waals surface area contributed by atoms with E-state index < -0.39 is 17.5 Å². The van der Waals surface area contributed by atoms with Crippen molar-refractivity contribution in [1.29, 1.82) is 0 Å². The summed E-state index contributed by atoms with van der Waals surface area (Å²) >= 11 is 4.53. The SMILES string of the molecule is Cc1nc(C)c(C)nc1C.Fc1c(I)c(F)c(I)c(F)c1I. The number of rotatable bonds is 0. The van der Waals surface area contributed by atoms with Gasteiger partial charge in [0.05, 0.1) is 33.5 Å².